The van der Waals surface area contributed by atoms with Gasteiger partial charge in [0.2, 0.25) is 11.8 Å². The summed E-state index contributed by atoms with van der Waals surface area (Å²) in [6.07, 6.45) is 3.91. The zero-order valence-corrected chi connectivity index (χ0v) is 12.1. The number of pyridine rings is 1. The first-order chi connectivity index (χ1) is 11.1. The molecular weight excluding hydrogens is 298 g/mol. The molecule has 7 heteroatoms. The van der Waals surface area contributed by atoms with Gasteiger partial charge in [0.05, 0.1) is 22.1 Å². The number of fused-ring (bicyclic) bond motifs is 2. The number of hydrogen-bond acceptors (Lipinski definition) is 5. The van der Waals surface area contributed by atoms with E-state index in [9.17, 15) is 14.9 Å². The van der Waals surface area contributed by atoms with Crippen molar-refractivity contribution >= 4 is 17.3 Å². The van der Waals surface area contributed by atoms with Gasteiger partial charge in [-0.25, -0.2) is 4.98 Å². The average Bonchev–Trinajstić information content (AvgIpc) is 2.80. The summed E-state index contributed by atoms with van der Waals surface area (Å²) in [7, 11) is 0. The number of non-ortho nitro benzene ring substituents is 1. The number of aromatic nitrogens is 1. The maximum absolute atomic E-state index is 12.4. The molecule has 0 bridgehead atoms. The van der Waals surface area contributed by atoms with Crippen molar-refractivity contribution in [2.24, 2.45) is 0 Å². The molecule has 2 aliphatic rings. The lowest BCUT2D eigenvalue weighted by Crippen LogP contribution is -2.40. The molecule has 1 spiro atoms. The van der Waals surface area contributed by atoms with Gasteiger partial charge in [0.1, 0.15) is 0 Å². The molecule has 0 unspecified atom stereocenters. The predicted octanol–water partition coefficient (Wildman–Crippen LogP) is 3.16. The van der Waals surface area contributed by atoms with Crippen molar-refractivity contribution in [3.63, 3.8) is 0 Å². The van der Waals surface area contributed by atoms with Crippen LogP contribution in [0.3, 0.4) is 0 Å². The van der Waals surface area contributed by atoms with Gasteiger partial charge in [-0.15, -0.1) is 0 Å². The quantitative estimate of drug-likeness (QED) is 0.694. The van der Waals surface area contributed by atoms with Crippen LogP contribution in [0, 0.1) is 10.1 Å². The van der Waals surface area contributed by atoms with E-state index < -0.39 is 10.3 Å². The van der Waals surface area contributed by atoms with E-state index in [2.05, 4.69) is 10.3 Å². The zero-order valence-electron chi connectivity index (χ0n) is 12.1. The number of anilines is 1. The maximum atomic E-state index is 12.4. The van der Waals surface area contributed by atoms with E-state index in [0.29, 0.717) is 30.0 Å². The smallest absolute Gasteiger partial charge is 0.273 e. The van der Waals surface area contributed by atoms with Crippen molar-refractivity contribution < 1.29 is 14.5 Å². The van der Waals surface area contributed by atoms with E-state index >= 15 is 0 Å². The number of hydrogen-bond donors (Lipinski definition) is 1. The van der Waals surface area contributed by atoms with Gasteiger partial charge in [-0.1, -0.05) is 12.5 Å². The molecule has 0 radical (unpaired) electrons. The molecule has 1 amide bonds. The summed E-state index contributed by atoms with van der Waals surface area (Å²) < 4.78 is 5.69. The Morgan fingerprint density at radius 2 is 2.13 bits per heavy atom. The van der Waals surface area contributed by atoms with Crippen molar-refractivity contribution in [3.05, 3.63) is 52.2 Å². The molecule has 1 fully saturated rings. The highest BCUT2D eigenvalue weighted by atomic mass is 16.6. The lowest BCUT2D eigenvalue weighted by molar-refractivity contribution is -0.385. The first-order valence-electron chi connectivity index (χ1n) is 7.33. The molecule has 1 aliphatic heterocycles. The van der Waals surface area contributed by atoms with Gasteiger partial charge in [0.15, 0.2) is 5.75 Å². The molecule has 2 heterocycles. The highest BCUT2D eigenvalue weighted by Crippen LogP contribution is 2.54. The maximum Gasteiger partial charge on any atom is 0.273 e. The number of amides is 1. The molecule has 116 valence electrons. The molecule has 4 rings (SSSR count). The summed E-state index contributed by atoms with van der Waals surface area (Å²) in [4.78, 5) is 27.2. The third kappa shape index (κ3) is 1.97. The van der Waals surface area contributed by atoms with Gasteiger partial charge in [-0.05, 0) is 18.9 Å². The summed E-state index contributed by atoms with van der Waals surface area (Å²) in [6, 6.07) is 7.96. The fourth-order valence-electron chi connectivity index (χ4n) is 3.20. The van der Waals surface area contributed by atoms with Crippen LogP contribution in [0.4, 0.5) is 11.4 Å². The number of nitro benzene ring substituents is 1. The second kappa shape index (κ2) is 4.77. The SMILES string of the molecule is O=C1Nc2c(Oc3ccccn3)cc([N+](=O)[O-])cc2C12CCC2. The lowest BCUT2D eigenvalue weighted by atomic mass is 9.65. The first kappa shape index (κ1) is 13.7. The van der Waals surface area contributed by atoms with Gasteiger partial charge in [0.25, 0.3) is 5.69 Å². The van der Waals surface area contributed by atoms with Crippen LogP contribution in [0.15, 0.2) is 36.5 Å². The minimum Gasteiger partial charge on any atom is -0.437 e. The average molecular weight is 311 g/mol. The van der Waals surface area contributed by atoms with E-state index in [1.807, 2.05) is 0 Å². The third-order valence-electron chi connectivity index (χ3n) is 4.55. The third-order valence-corrected chi connectivity index (χ3v) is 4.55. The fraction of sp³-hybridized carbons (Fsp3) is 0.250. The number of nitrogens with zero attached hydrogens (tertiary/aromatic N) is 2. The van der Waals surface area contributed by atoms with Crippen LogP contribution in [0.5, 0.6) is 11.6 Å². The number of ether oxygens (including phenoxy) is 1. The summed E-state index contributed by atoms with van der Waals surface area (Å²) in [5.74, 6) is 0.467. The Kier molecular flexibility index (Phi) is 2.84. The normalized spacial score (nSPS) is 17.3. The molecule has 1 aliphatic carbocycles. The number of carbonyl (C=O) groups is 1. The number of nitro groups is 1. The van der Waals surface area contributed by atoms with E-state index in [1.165, 1.54) is 12.1 Å². The fourth-order valence-corrected chi connectivity index (χ4v) is 3.20. The van der Waals surface area contributed by atoms with E-state index in [0.717, 1.165) is 6.42 Å². The van der Waals surface area contributed by atoms with Crippen molar-refractivity contribution in [1.29, 1.82) is 0 Å². The number of nitrogens with one attached hydrogen (secondary N) is 1. The van der Waals surface area contributed by atoms with Crippen molar-refractivity contribution in [3.8, 4) is 11.6 Å². The highest BCUT2D eigenvalue weighted by molar-refractivity contribution is 6.08. The molecule has 1 N–H and O–H groups in total. The van der Waals surface area contributed by atoms with Crippen LogP contribution in [0.2, 0.25) is 0 Å². The zero-order chi connectivity index (χ0) is 16.0. The van der Waals surface area contributed by atoms with Gasteiger partial charge in [-0.2, -0.15) is 0 Å². The molecule has 1 aromatic carbocycles. The largest absolute Gasteiger partial charge is 0.437 e. The van der Waals surface area contributed by atoms with Gasteiger partial charge >= 0.3 is 0 Å². The number of rotatable bonds is 3. The van der Waals surface area contributed by atoms with Crippen LogP contribution >= 0.6 is 0 Å². The van der Waals surface area contributed by atoms with Gasteiger partial charge in [0, 0.05) is 23.9 Å². The number of benzene rings is 1. The molecular formula is C16H13N3O4. The minimum absolute atomic E-state index is 0.0857. The minimum atomic E-state index is -0.635. The predicted molar refractivity (Wildman–Crippen MR) is 81.6 cm³/mol. The second-order valence-electron chi connectivity index (χ2n) is 5.78. The van der Waals surface area contributed by atoms with E-state index in [4.69, 9.17) is 4.74 Å². The standard InChI is InChI=1S/C16H13N3O4/c20-15-16(5-3-6-16)11-8-10(19(21)22)9-12(14(11)18-15)23-13-4-1-2-7-17-13/h1-2,4,7-9H,3,5-6H2,(H,18,20). The van der Waals surface area contributed by atoms with Crippen LogP contribution in [-0.4, -0.2) is 15.8 Å². The first-order valence-corrected chi connectivity index (χ1v) is 7.33. The summed E-state index contributed by atoms with van der Waals surface area (Å²) in [6.45, 7) is 0. The van der Waals surface area contributed by atoms with E-state index in [1.54, 1.807) is 24.4 Å². The van der Waals surface area contributed by atoms with Gasteiger partial charge < -0.3 is 10.1 Å². The van der Waals surface area contributed by atoms with Crippen LogP contribution in [0.1, 0.15) is 24.8 Å². The second-order valence-corrected chi connectivity index (χ2v) is 5.78. The molecule has 23 heavy (non-hydrogen) atoms. The molecule has 0 atom stereocenters. The Morgan fingerprint density at radius 1 is 1.30 bits per heavy atom. The van der Waals surface area contributed by atoms with Gasteiger partial charge in [-0.3, -0.25) is 14.9 Å². The summed E-state index contributed by atoms with van der Waals surface area (Å²) in [5, 5.41) is 14.1. The summed E-state index contributed by atoms with van der Waals surface area (Å²) in [5.41, 5.74) is 0.459. The Labute approximate surface area is 131 Å². The van der Waals surface area contributed by atoms with Crippen molar-refractivity contribution in [1.82, 2.24) is 4.98 Å². The molecule has 2 aromatic rings. The molecule has 7 nitrogen and oxygen atoms in total. The topological polar surface area (TPSA) is 94.4 Å². The van der Waals surface area contributed by atoms with Crippen LogP contribution < -0.4 is 10.1 Å². The Morgan fingerprint density at radius 3 is 2.74 bits per heavy atom. The Bertz CT molecular complexity index is 816. The lowest BCUT2D eigenvalue weighted by Gasteiger charge is -2.35. The summed E-state index contributed by atoms with van der Waals surface area (Å²) >= 11 is 0. The highest BCUT2D eigenvalue weighted by Gasteiger charge is 2.52. The van der Waals surface area contributed by atoms with Crippen LogP contribution in [0.25, 0.3) is 0 Å². The van der Waals surface area contributed by atoms with Crippen molar-refractivity contribution in [2.45, 2.75) is 24.7 Å². The molecule has 1 saturated carbocycles. The number of carbonyl (C=O) groups excluding carboxylic acids is 1. The van der Waals surface area contributed by atoms with E-state index in [-0.39, 0.29) is 17.3 Å². The van der Waals surface area contributed by atoms with Crippen molar-refractivity contribution in [2.75, 3.05) is 5.32 Å². The molecule has 0 saturated heterocycles. The molecule has 1 aromatic heterocycles. The Balaban J connectivity index is 1.85. The monoisotopic (exact) mass is 311 g/mol. The van der Waals surface area contributed by atoms with Crippen LogP contribution in [-0.2, 0) is 10.2 Å². The Hall–Kier alpha value is -2.96.